The van der Waals surface area contributed by atoms with Crippen LogP contribution in [-0.2, 0) is 15.6 Å². The molecule has 1 aliphatic carbocycles. The molecule has 1 aliphatic rings. The van der Waals surface area contributed by atoms with Crippen LogP contribution in [-0.4, -0.2) is 39.3 Å². The Hall–Kier alpha value is -1.65. The third-order valence-electron chi connectivity index (χ3n) is 7.56. The van der Waals surface area contributed by atoms with Crippen LogP contribution in [0, 0.1) is 5.92 Å². The summed E-state index contributed by atoms with van der Waals surface area (Å²) in [6.45, 7) is 11.7. The minimum Gasteiger partial charge on any atom is -0.411 e. The van der Waals surface area contributed by atoms with Gasteiger partial charge in [0.2, 0.25) is 5.91 Å². The van der Waals surface area contributed by atoms with E-state index >= 15 is 0 Å². The third kappa shape index (κ3) is 9.91. The zero-order chi connectivity index (χ0) is 25.2. The van der Waals surface area contributed by atoms with E-state index in [1.165, 1.54) is 36.8 Å². The maximum absolute atomic E-state index is 12.0. The molecule has 2 unspecified atom stereocenters. The molecule has 3 nitrogen and oxygen atoms in total. The zero-order valence-electron chi connectivity index (χ0n) is 22.9. The molecule has 0 bridgehead atoms. The molecule has 1 fully saturated rings. The van der Waals surface area contributed by atoms with Gasteiger partial charge in [-0.3, -0.25) is 4.79 Å². The number of carbonyl (C=O) groups excluding carboxylic acids is 1. The van der Waals surface area contributed by atoms with Crippen LogP contribution in [0.4, 0.5) is 0 Å². The summed E-state index contributed by atoms with van der Waals surface area (Å²) in [4.78, 5) is 13.6. The highest BCUT2D eigenvalue weighted by atomic mass is 28.4. The van der Waals surface area contributed by atoms with E-state index in [4.69, 9.17) is 4.43 Å². The van der Waals surface area contributed by atoms with Crippen molar-refractivity contribution in [3.8, 4) is 0 Å². The number of amides is 1. The van der Waals surface area contributed by atoms with Crippen molar-refractivity contribution in [2.24, 2.45) is 5.92 Å². The molecule has 2 atom stereocenters. The van der Waals surface area contributed by atoms with Crippen molar-refractivity contribution in [1.82, 2.24) is 4.90 Å². The van der Waals surface area contributed by atoms with Gasteiger partial charge in [-0.1, -0.05) is 81.3 Å². The summed E-state index contributed by atoms with van der Waals surface area (Å²) < 4.78 is 6.87. The Morgan fingerprint density at radius 3 is 2.53 bits per heavy atom. The fourth-order valence-corrected chi connectivity index (χ4v) is 5.55. The van der Waals surface area contributed by atoms with E-state index in [0.717, 1.165) is 25.7 Å². The van der Waals surface area contributed by atoms with Crippen molar-refractivity contribution in [3.05, 3.63) is 59.7 Å². The number of allylic oxidation sites excluding steroid dienone is 2. The van der Waals surface area contributed by atoms with Gasteiger partial charge in [0.15, 0.2) is 8.32 Å². The van der Waals surface area contributed by atoms with E-state index in [-0.39, 0.29) is 17.0 Å². The fourth-order valence-electron chi connectivity index (χ4n) is 4.25. The molecule has 0 heterocycles. The monoisotopic (exact) mass is 483 g/mol. The molecule has 34 heavy (non-hydrogen) atoms. The Bertz CT molecular complexity index is 805. The summed E-state index contributed by atoms with van der Waals surface area (Å²) in [7, 11) is 1.82. The first kappa shape index (κ1) is 28.6. The number of carbonyl (C=O) groups is 1. The maximum Gasteiger partial charge on any atom is 0.225 e. The Morgan fingerprint density at radius 1 is 1.18 bits per heavy atom. The number of hydrogen-bond acceptors (Lipinski definition) is 2. The number of aryl methyl sites for hydroxylation is 1. The summed E-state index contributed by atoms with van der Waals surface area (Å²) in [5.74, 6) is 0.743. The molecule has 190 valence electrons. The van der Waals surface area contributed by atoms with Crippen LogP contribution >= 0.6 is 0 Å². The topological polar surface area (TPSA) is 29.5 Å². The molecule has 0 radical (unpaired) electrons. The van der Waals surface area contributed by atoms with Crippen LogP contribution in [0.15, 0.2) is 54.1 Å². The lowest BCUT2D eigenvalue weighted by Gasteiger charge is -2.39. The molecular formula is C30H49NO2Si. The highest BCUT2D eigenvalue weighted by molar-refractivity contribution is 6.74. The van der Waals surface area contributed by atoms with E-state index in [1.54, 1.807) is 4.90 Å². The van der Waals surface area contributed by atoms with Crippen molar-refractivity contribution in [3.63, 3.8) is 0 Å². The van der Waals surface area contributed by atoms with Crippen molar-refractivity contribution in [2.45, 2.75) is 103 Å². The predicted molar refractivity (Wildman–Crippen MR) is 149 cm³/mol. The summed E-state index contributed by atoms with van der Waals surface area (Å²) in [6, 6.07) is 10.8. The van der Waals surface area contributed by atoms with Gasteiger partial charge in [-0.25, -0.2) is 0 Å². The van der Waals surface area contributed by atoms with Crippen LogP contribution < -0.4 is 0 Å². The molecule has 4 heteroatoms. The molecule has 0 aliphatic heterocycles. The number of benzene rings is 1. The fraction of sp³-hybridized carbons (Fsp3) is 0.633. The lowest BCUT2D eigenvalue weighted by molar-refractivity contribution is -0.127. The lowest BCUT2D eigenvalue weighted by atomic mass is 9.84. The summed E-state index contributed by atoms with van der Waals surface area (Å²) >= 11 is 0. The second-order valence-corrected chi connectivity index (χ2v) is 16.5. The van der Waals surface area contributed by atoms with Crippen molar-refractivity contribution in [2.75, 3.05) is 14.1 Å². The highest BCUT2D eigenvalue weighted by Gasteiger charge is 2.38. The first-order chi connectivity index (χ1) is 16.0. The van der Waals surface area contributed by atoms with Gasteiger partial charge in [0.05, 0.1) is 6.10 Å². The second kappa shape index (κ2) is 13.4. The van der Waals surface area contributed by atoms with Gasteiger partial charge in [0.1, 0.15) is 0 Å². The Balaban J connectivity index is 1.98. The van der Waals surface area contributed by atoms with Crippen molar-refractivity contribution < 1.29 is 9.22 Å². The summed E-state index contributed by atoms with van der Waals surface area (Å²) in [6.07, 6.45) is 17.0. The Morgan fingerprint density at radius 2 is 1.88 bits per heavy atom. The number of rotatable bonds is 11. The smallest absolute Gasteiger partial charge is 0.225 e. The summed E-state index contributed by atoms with van der Waals surface area (Å²) in [5.41, 5.74) is 2.87. The standard InChI is InChI=1S/C30H49NO2Si/c1-30(2,3)34(6,7)33-28(19-12-11-16-25-14-9-8-10-15-25)22-20-26-17-13-18-27(24-26)21-23-29(32)31(4)5/h8-10,14-15,20-22,26,28H,11-13,16-19,23-24H2,1-7H3/b22-20+,27-21+. The molecule has 0 spiro atoms. The third-order valence-corrected chi connectivity index (χ3v) is 12.1. The molecule has 0 saturated heterocycles. The van der Waals surface area contributed by atoms with E-state index in [0.29, 0.717) is 12.3 Å². The normalized spacial score (nSPS) is 19.5. The van der Waals surface area contributed by atoms with Gasteiger partial charge in [0.25, 0.3) is 0 Å². The number of nitrogens with zero attached hydrogens (tertiary/aromatic N) is 1. The van der Waals surface area contributed by atoms with Crippen LogP contribution in [0.25, 0.3) is 0 Å². The quantitative estimate of drug-likeness (QED) is 0.182. The van der Waals surface area contributed by atoms with Crippen molar-refractivity contribution in [1.29, 1.82) is 0 Å². The minimum atomic E-state index is -1.83. The predicted octanol–water partition coefficient (Wildman–Crippen LogP) is 7.94. The van der Waals surface area contributed by atoms with Gasteiger partial charge in [-0.15, -0.1) is 0 Å². The van der Waals surface area contributed by atoms with Gasteiger partial charge in [0, 0.05) is 20.5 Å². The molecule has 0 N–H and O–H groups in total. The average Bonchev–Trinajstić information content (AvgIpc) is 2.78. The summed E-state index contributed by atoms with van der Waals surface area (Å²) in [5, 5.41) is 0.211. The first-order valence-electron chi connectivity index (χ1n) is 13.3. The SMILES string of the molecule is CN(C)C(=O)C/C=C1\CCCC(/C=C/C(CCCCc2ccccc2)O[Si](C)(C)C(C)(C)C)C1. The van der Waals surface area contributed by atoms with Crippen molar-refractivity contribution >= 4 is 14.2 Å². The van der Waals surface area contributed by atoms with E-state index in [9.17, 15) is 4.79 Å². The molecule has 2 rings (SSSR count). The molecular weight excluding hydrogens is 434 g/mol. The number of unbranched alkanes of at least 4 members (excludes halogenated alkanes) is 1. The Kier molecular flexibility index (Phi) is 11.3. The van der Waals surface area contributed by atoms with Gasteiger partial charge in [-0.2, -0.15) is 0 Å². The van der Waals surface area contributed by atoms with Crippen LogP contribution in [0.1, 0.15) is 77.7 Å². The highest BCUT2D eigenvalue weighted by Crippen LogP contribution is 2.38. The molecule has 1 aromatic rings. The lowest BCUT2D eigenvalue weighted by Crippen LogP contribution is -2.43. The van der Waals surface area contributed by atoms with Gasteiger partial charge >= 0.3 is 0 Å². The number of hydrogen-bond donors (Lipinski definition) is 0. The van der Waals surface area contributed by atoms with Gasteiger partial charge in [-0.05, 0) is 74.6 Å². The minimum absolute atomic E-state index is 0.184. The average molecular weight is 484 g/mol. The molecule has 0 aromatic heterocycles. The maximum atomic E-state index is 12.0. The molecule has 1 aromatic carbocycles. The van der Waals surface area contributed by atoms with E-state index in [1.807, 2.05) is 14.1 Å². The molecule has 1 amide bonds. The van der Waals surface area contributed by atoms with Gasteiger partial charge < -0.3 is 9.33 Å². The van der Waals surface area contributed by atoms with Crippen LogP contribution in [0.5, 0.6) is 0 Å². The van der Waals surface area contributed by atoms with E-state index < -0.39 is 8.32 Å². The first-order valence-corrected chi connectivity index (χ1v) is 16.2. The van der Waals surface area contributed by atoms with Crippen LogP contribution in [0.3, 0.4) is 0 Å². The second-order valence-electron chi connectivity index (χ2n) is 11.7. The van der Waals surface area contributed by atoms with E-state index in [2.05, 4.69) is 82.4 Å². The van der Waals surface area contributed by atoms with Crippen LogP contribution in [0.2, 0.25) is 18.1 Å². The largest absolute Gasteiger partial charge is 0.411 e. The molecule has 1 saturated carbocycles. The Labute approximate surface area is 210 Å². The zero-order valence-corrected chi connectivity index (χ0v) is 23.9.